The third-order valence-corrected chi connectivity index (χ3v) is 10.3. The van der Waals surface area contributed by atoms with Crippen LogP contribution in [-0.2, 0) is 6.42 Å². The van der Waals surface area contributed by atoms with Gasteiger partial charge in [-0.15, -0.1) is 10.5 Å². The summed E-state index contributed by atoms with van der Waals surface area (Å²) >= 11 is 0. The van der Waals surface area contributed by atoms with Crippen molar-refractivity contribution in [2.24, 2.45) is 5.73 Å². The Balaban J connectivity index is 0.000000144. The SMILES string of the molecule is CN.Cc1cccc(-c2ccccc2)c1.Cc1cccc(CC2=CS3=C(C=C2)c2ccccc23)c1.N=C(c1ccccc1)c1ccccc1. The van der Waals surface area contributed by atoms with Crippen LogP contribution in [0.25, 0.3) is 11.1 Å². The van der Waals surface area contributed by atoms with Gasteiger partial charge in [-0.3, -0.25) is 5.41 Å². The van der Waals surface area contributed by atoms with Gasteiger partial charge in [0.2, 0.25) is 0 Å². The summed E-state index contributed by atoms with van der Waals surface area (Å²) < 4.78 is 0. The summed E-state index contributed by atoms with van der Waals surface area (Å²) in [5, 5.41) is 10.4. The summed E-state index contributed by atoms with van der Waals surface area (Å²) in [6, 6.07) is 56.1. The molecule has 0 bridgehead atoms. The third kappa shape index (κ3) is 9.39. The molecule has 0 aromatic heterocycles. The number of fused-ring (bicyclic) bond motifs is 3. The molecule has 3 N–H and O–H groups in total. The Morgan fingerprint density at radius 1 is 0.551 bits per heavy atom. The van der Waals surface area contributed by atoms with Gasteiger partial charge in [0.1, 0.15) is 0 Å². The van der Waals surface area contributed by atoms with E-state index >= 15 is 0 Å². The average Bonchev–Trinajstić information content (AvgIpc) is 3.16. The van der Waals surface area contributed by atoms with Crippen LogP contribution in [0, 0.1) is 19.3 Å². The normalized spacial score (nSPS) is 13.3. The molecule has 0 amide bonds. The van der Waals surface area contributed by atoms with Crippen LogP contribution in [0.1, 0.15) is 33.4 Å². The lowest BCUT2D eigenvalue weighted by Crippen LogP contribution is -2.12. The van der Waals surface area contributed by atoms with Crippen LogP contribution in [0.2, 0.25) is 0 Å². The smallest absolute Gasteiger partial charge is 0.0684 e. The van der Waals surface area contributed by atoms with Gasteiger partial charge in [0.15, 0.2) is 0 Å². The first-order valence-corrected chi connectivity index (χ1v) is 17.9. The molecule has 2 heterocycles. The molecule has 0 spiro atoms. The number of aryl methyl sites for hydroxylation is 2. The van der Waals surface area contributed by atoms with E-state index in [1.54, 1.807) is 0 Å². The van der Waals surface area contributed by atoms with E-state index in [2.05, 4.69) is 134 Å². The zero-order valence-corrected chi connectivity index (χ0v) is 29.3. The molecule has 0 saturated carbocycles. The van der Waals surface area contributed by atoms with E-state index in [0.717, 1.165) is 17.5 Å². The molecule has 6 aromatic carbocycles. The average molecular weight is 657 g/mol. The number of allylic oxidation sites excluding steroid dienone is 3. The zero-order valence-electron chi connectivity index (χ0n) is 28.5. The Kier molecular flexibility index (Phi) is 12.6. The molecule has 1 atom stereocenters. The monoisotopic (exact) mass is 656 g/mol. The van der Waals surface area contributed by atoms with Crippen LogP contribution in [0.4, 0.5) is 0 Å². The molecule has 244 valence electrons. The van der Waals surface area contributed by atoms with Gasteiger partial charge < -0.3 is 5.73 Å². The van der Waals surface area contributed by atoms with E-state index in [4.69, 9.17) is 5.41 Å². The van der Waals surface area contributed by atoms with Crippen molar-refractivity contribution in [3.05, 3.63) is 220 Å². The highest BCUT2D eigenvalue weighted by molar-refractivity contribution is 8.20. The molecule has 3 heteroatoms. The fourth-order valence-electron chi connectivity index (χ4n) is 5.71. The van der Waals surface area contributed by atoms with Gasteiger partial charge in [0.05, 0.1) is 5.71 Å². The first-order valence-electron chi connectivity index (χ1n) is 16.6. The molecule has 2 aliphatic heterocycles. The van der Waals surface area contributed by atoms with Crippen LogP contribution in [0.3, 0.4) is 0 Å². The van der Waals surface area contributed by atoms with Crippen molar-refractivity contribution >= 4 is 21.1 Å². The lowest BCUT2D eigenvalue weighted by molar-refractivity contribution is 1.19. The molecule has 0 fully saturated rings. The Bertz CT molecular complexity index is 2030. The predicted octanol–water partition coefficient (Wildman–Crippen LogP) is 11.2. The lowest BCUT2D eigenvalue weighted by Gasteiger charge is -2.28. The highest BCUT2D eigenvalue weighted by Crippen LogP contribution is 2.46. The third-order valence-electron chi connectivity index (χ3n) is 8.09. The summed E-state index contributed by atoms with van der Waals surface area (Å²) in [5.74, 6) is 0. The van der Waals surface area contributed by atoms with Crippen molar-refractivity contribution in [3.63, 3.8) is 0 Å². The molecular weight excluding hydrogens is 613 g/mol. The number of hydrogen-bond acceptors (Lipinski definition) is 2. The number of nitrogens with two attached hydrogens (primary N) is 1. The van der Waals surface area contributed by atoms with E-state index < -0.39 is 0 Å². The van der Waals surface area contributed by atoms with Crippen molar-refractivity contribution < 1.29 is 0 Å². The molecule has 2 nitrogen and oxygen atoms in total. The number of rotatable bonds is 5. The first kappa shape index (κ1) is 35.0. The Morgan fingerprint density at radius 2 is 1.08 bits per heavy atom. The Morgan fingerprint density at radius 3 is 1.69 bits per heavy atom. The number of hydrogen-bond donors (Lipinski definition) is 2. The summed E-state index contributed by atoms with van der Waals surface area (Å²) in [5.41, 5.74) is 16.5. The van der Waals surface area contributed by atoms with Gasteiger partial charge >= 0.3 is 0 Å². The van der Waals surface area contributed by atoms with Crippen LogP contribution < -0.4 is 5.73 Å². The second-order valence-electron chi connectivity index (χ2n) is 11.7. The van der Waals surface area contributed by atoms with E-state index in [1.165, 1.54) is 55.8 Å². The van der Waals surface area contributed by atoms with E-state index in [9.17, 15) is 0 Å². The summed E-state index contributed by atoms with van der Waals surface area (Å²) in [7, 11) is 1.73. The quantitative estimate of drug-likeness (QED) is 0.141. The highest BCUT2D eigenvalue weighted by atomic mass is 32.2. The topological polar surface area (TPSA) is 49.9 Å². The molecular formula is C46H44N2S. The fraction of sp³-hybridized carbons (Fsp3) is 0.0870. The first-order chi connectivity index (χ1) is 24.0. The van der Waals surface area contributed by atoms with E-state index in [1.807, 2.05) is 66.7 Å². The molecule has 0 saturated heterocycles. The molecule has 0 radical (unpaired) electrons. The largest absolute Gasteiger partial charge is 0.333 e. The molecule has 2 aliphatic rings. The fourth-order valence-corrected chi connectivity index (χ4v) is 7.78. The number of nitrogens with one attached hydrogen (secondary N) is 1. The highest BCUT2D eigenvalue weighted by Gasteiger charge is 2.23. The second-order valence-corrected chi connectivity index (χ2v) is 13.5. The molecule has 6 aromatic rings. The second kappa shape index (κ2) is 17.7. The number of benzene rings is 6. The maximum Gasteiger partial charge on any atom is 0.0684 e. The van der Waals surface area contributed by atoms with E-state index in [0.29, 0.717) is 5.71 Å². The maximum atomic E-state index is 7.97. The van der Waals surface area contributed by atoms with E-state index in [-0.39, 0.29) is 10.5 Å². The minimum Gasteiger partial charge on any atom is -0.333 e. The van der Waals surface area contributed by atoms with Crippen LogP contribution in [0.15, 0.2) is 192 Å². The maximum absolute atomic E-state index is 7.97. The van der Waals surface area contributed by atoms with Gasteiger partial charge in [0.25, 0.3) is 0 Å². The molecule has 49 heavy (non-hydrogen) atoms. The van der Waals surface area contributed by atoms with Gasteiger partial charge in [-0.1, -0.05) is 175 Å². The zero-order chi connectivity index (χ0) is 34.4. The van der Waals surface area contributed by atoms with Crippen molar-refractivity contribution in [2.45, 2.75) is 25.2 Å². The Labute approximate surface area is 294 Å². The summed E-state index contributed by atoms with van der Waals surface area (Å²) in [6.45, 7) is 4.27. The standard InChI is InChI=1S/C19H16S.C13H11N.C13H12.CH5N/c1-14-5-4-6-15(11-14)12-16-9-10-19-17-7-2-3-8-18(17)20(19)13-16;14-13(11-7-3-1-4-8-11)12-9-5-2-6-10-12;1-11-6-5-9-13(10-11)12-7-3-2-4-8-12;1-2/h2-11,13H,12H2,1H3;1-10,14H;2-10H,1H3;2H2,1H3. The predicted molar refractivity (Wildman–Crippen MR) is 214 cm³/mol. The van der Waals surface area contributed by atoms with Crippen molar-refractivity contribution in [1.82, 2.24) is 0 Å². The minimum absolute atomic E-state index is 0.229. The van der Waals surface area contributed by atoms with Gasteiger partial charge in [0, 0.05) is 15.3 Å². The van der Waals surface area contributed by atoms with Crippen molar-refractivity contribution in [2.75, 3.05) is 7.05 Å². The molecule has 1 unspecified atom stereocenters. The lowest BCUT2D eigenvalue weighted by atomic mass is 10.0. The summed E-state index contributed by atoms with van der Waals surface area (Å²) in [6.07, 6.45) is 5.64. The van der Waals surface area contributed by atoms with Gasteiger partial charge in [-0.25, -0.2) is 0 Å². The Hall–Kier alpha value is -5.35. The molecule has 0 aliphatic carbocycles. The van der Waals surface area contributed by atoms with Gasteiger partial charge in [-0.2, -0.15) is 0 Å². The van der Waals surface area contributed by atoms with Crippen LogP contribution in [-0.4, -0.2) is 17.6 Å². The summed E-state index contributed by atoms with van der Waals surface area (Å²) in [4.78, 5) is 3.02. The van der Waals surface area contributed by atoms with Crippen molar-refractivity contribution in [1.29, 1.82) is 5.41 Å². The van der Waals surface area contributed by atoms with Crippen molar-refractivity contribution in [3.8, 4) is 11.1 Å². The van der Waals surface area contributed by atoms with Crippen LogP contribution >= 0.6 is 10.5 Å². The van der Waals surface area contributed by atoms with Crippen LogP contribution in [0.5, 0.6) is 0 Å². The molecule has 8 rings (SSSR count). The van der Waals surface area contributed by atoms with Gasteiger partial charge in [-0.05, 0) is 78.3 Å². The minimum atomic E-state index is 0.229.